The lowest BCUT2D eigenvalue weighted by molar-refractivity contribution is -0.180. The molecule has 2 N–H and O–H groups in total. The van der Waals surface area contributed by atoms with Crippen LogP contribution in [0.2, 0.25) is 0 Å². The SMILES string of the molecule is CCNC(=O)[C@](C(=O)OC(C)(C)C)(C(C)C)N(C)C(=O)[C@@H]1CCCN1. The van der Waals surface area contributed by atoms with Crippen LogP contribution in [-0.4, -0.2) is 60.0 Å². The van der Waals surface area contributed by atoms with E-state index in [1.807, 2.05) is 0 Å². The predicted molar refractivity (Wildman–Crippen MR) is 95.9 cm³/mol. The Balaban J connectivity index is 3.34. The van der Waals surface area contributed by atoms with E-state index in [1.165, 1.54) is 11.9 Å². The number of hydrogen-bond acceptors (Lipinski definition) is 5. The Labute approximate surface area is 150 Å². The van der Waals surface area contributed by atoms with Crippen molar-refractivity contribution in [3.63, 3.8) is 0 Å². The fourth-order valence-electron chi connectivity index (χ4n) is 3.22. The van der Waals surface area contributed by atoms with Gasteiger partial charge in [0.1, 0.15) is 5.60 Å². The number of nitrogens with zero attached hydrogens (tertiary/aromatic N) is 1. The molecule has 1 aliphatic heterocycles. The monoisotopic (exact) mass is 355 g/mol. The van der Waals surface area contributed by atoms with E-state index < -0.39 is 28.9 Å². The first kappa shape index (κ1) is 21.4. The molecule has 0 aromatic carbocycles. The molecular formula is C18H33N3O4. The van der Waals surface area contributed by atoms with Crippen LogP contribution in [0.5, 0.6) is 0 Å². The van der Waals surface area contributed by atoms with Gasteiger partial charge in [-0.3, -0.25) is 9.59 Å². The highest BCUT2D eigenvalue weighted by Crippen LogP contribution is 2.30. The average Bonchev–Trinajstić information content (AvgIpc) is 2.99. The first-order chi connectivity index (χ1) is 11.5. The smallest absolute Gasteiger partial charge is 0.342 e. The lowest BCUT2D eigenvalue weighted by Gasteiger charge is -2.43. The Morgan fingerprint density at radius 1 is 1.28 bits per heavy atom. The summed E-state index contributed by atoms with van der Waals surface area (Å²) in [5, 5.41) is 5.84. The van der Waals surface area contributed by atoms with Gasteiger partial charge in [0.25, 0.3) is 5.91 Å². The van der Waals surface area contributed by atoms with Crippen molar-refractivity contribution >= 4 is 17.8 Å². The minimum absolute atomic E-state index is 0.261. The highest BCUT2D eigenvalue weighted by molar-refractivity contribution is 6.10. The highest BCUT2D eigenvalue weighted by Gasteiger charge is 2.56. The van der Waals surface area contributed by atoms with Crippen LogP contribution >= 0.6 is 0 Å². The van der Waals surface area contributed by atoms with Crippen molar-refractivity contribution in [3.8, 4) is 0 Å². The van der Waals surface area contributed by atoms with E-state index in [4.69, 9.17) is 4.74 Å². The molecule has 1 fully saturated rings. The standard InChI is InChI=1S/C18H33N3O4/c1-8-19-15(23)18(12(2)3,16(24)25-17(4,5)6)21(7)14(22)13-10-9-11-20-13/h12-13,20H,8-11H2,1-7H3,(H,19,23)/t13-,18-/m0/s1. The van der Waals surface area contributed by atoms with Crippen LogP contribution in [0.25, 0.3) is 0 Å². The van der Waals surface area contributed by atoms with E-state index in [0.717, 1.165) is 13.0 Å². The molecule has 0 aliphatic carbocycles. The lowest BCUT2D eigenvalue weighted by Crippen LogP contribution is -2.69. The summed E-state index contributed by atoms with van der Waals surface area (Å²) < 4.78 is 5.55. The second-order valence-electron chi connectivity index (χ2n) is 7.83. The van der Waals surface area contributed by atoms with Gasteiger partial charge in [-0.25, -0.2) is 4.79 Å². The number of likely N-dealkylation sites (N-methyl/N-ethyl adjacent to an activating group) is 2. The van der Waals surface area contributed by atoms with E-state index in [2.05, 4.69) is 10.6 Å². The van der Waals surface area contributed by atoms with Gasteiger partial charge in [0.2, 0.25) is 11.4 Å². The average molecular weight is 355 g/mol. The van der Waals surface area contributed by atoms with Gasteiger partial charge in [-0.2, -0.15) is 0 Å². The quantitative estimate of drug-likeness (QED) is 0.550. The number of carbonyl (C=O) groups is 3. The molecule has 2 amide bonds. The van der Waals surface area contributed by atoms with Gasteiger partial charge in [0.05, 0.1) is 6.04 Å². The molecule has 1 rings (SSSR count). The van der Waals surface area contributed by atoms with Gasteiger partial charge < -0.3 is 20.3 Å². The number of rotatable bonds is 6. The molecule has 0 aromatic heterocycles. The first-order valence-corrected chi connectivity index (χ1v) is 9.01. The topological polar surface area (TPSA) is 87.7 Å². The fourth-order valence-corrected chi connectivity index (χ4v) is 3.22. The number of ether oxygens (including phenoxy) is 1. The second kappa shape index (κ2) is 8.17. The van der Waals surface area contributed by atoms with Crippen molar-refractivity contribution in [1.82, 2.24) is 15.5 Å². The van der Waals surface area contributed by atoms with Gasteiger partial charge in [0, 0.05) is 13.6 Å². The van der Waals surface area contributed by atoms with E-state index in [-0.39, 0.29) is 11.9 Å². The van der Waals surface area contributed by atoms with E-state index >= 15 is 0 Å². The minimum Gasteiger partial charge on any atom is -0.458 e. The van der Waals surface area contributed by atoms with Crippen molar-refractivity contribution < 1.29 is 19.1 Å². The number of carbonyl (C=O) groups excluding carboxylic acids is 3. The van der Waals surface area contributed by atoms with E-state index in [9.17, 15) is 14.4 Å². The largest absolute Gasteiger partial charge is 0.458 e. The molecule has 2 atom stereocenters. The maximum absolute atomic E-state index is 13.1. The number of nitrogens with one attached hydrogen (secondary N) is 2. The van der Waals surface area contributed by atoms with Crippen molar-refractivity contribution in [1.29, 1.82) is 0 Å². The summed E-state index contributed by atoms with van der Waals surface area (Å²) in [4.78, 5) is 40.3. The molecule has 0 spiro atoms. The van der Waals surface area contributed by atoms with Crippen LogP contribution in [0, 0.1) is 5.92 Å². The number of hydrogen-bond donors (Lipinski definition) is 2. The Morgan fingerprint density at radius 3 is 2.28 bits per heavy atom. The molecule has 0 unspecified atom stereocenters. The van der Waals surface area contributed by atoms with Gasteiger partial charge in [-0.05, 0) is 53.0 Å². The Bertz CT molecular complexity index is 507. The summed E-state index contributed by atoms with van der Waals surface area (Å²) in [6, 6.07) is -0.375. The molecule has 1 heterocycles. The molecule has 7 nitrogen and oxygen atoms in total. The predicted octanol–water partition coefficient (Wildman–Crippen LogP) is 1.07. The fraction of sp³-hybridized carbons (Fsp3) is 0.833. The normalized spacial score (nSPS) is 20.1. The molecule has 0 bridgehead atoms. The first-order valence-electron chi connectivity index (χ1n) is 9.01. The molecule has 144 valence electrons. The molecule has 0 saturated carbocycles. The zero-order valence-electron chi connectivity index (χ0n) is 16.6. The summed E-state index contributed by atoms with van der Waals surface area (Å²) in [7, 11) is 1.52. The molecule has 7 heteroatoms. The minimum atomic E-state index is -1.70. The summed E-state index contributed by atoms with van der Waals surface area (Å²) in [5.41, 5.74) is -2.47. The Kier molecular flexibility index (Phi) is 6.99. The third-order valence-electron chi connectivity index (χ3n) is 4.45. The van der Waals surface area contributed by atoms with Crippen LogP contribution in [0.3, 0.4) is 0 Å². The van der Waals surface area contributed by atoms with Crippen molar-refractivity contribution in [2.45, 2.75) is 71.6 Å². The third kappa shape index (κ3) is 4.51. The summed E-state index contributed by atoms with van der Waals surface area (Å²) in [5.74, 6) is -1.92. The summed E-state index contributed by atoms with van der Waals surface area (Å²) in [6.45, 7) is 11.6. The summed E-state index contributed by atoms with van der Waals surface area (Å²) in [6.07, 6.45) is 1.59. The molecule has 0 aromatic rings. The molecule has 1 saturated heterocycles. The van der Waals surface area contributed by atoms with Gasteiger partial charge in [-0.15, -0.1) is 0 Å². The van der Waals surface area contributed by atoms with Crippen LogP contribution < -0.4 is 10.6 Å². The molecule has 0 radical (unpaired) electrons. The molecule has 25 heavy (non-hydrogen) atoms. The van der Waals surface area contributed by atoms with E-state index in [0.29, 0.717) is 13.0 Å². The second-order valence-corrected chi connectivity index (χ2v) is 7.83. The van der Waals surface area contributed by atoms with Crippen molar-refractivity contribution in [2.24, 2.45) is 5.92 Å². The van der Waals surface area contributed by atoms with Crippen molar-refractivity contribution in [2.75, 3.05) is 20.1 Å². The van der Waals surface area contributed by atoms with Crippen LogP contribution in [-0.2, 0) is 19.1 Å². The third-order valence-corrected chi connectivity index (χ3v) is 4.45. The van der Waals surface area contributed by atoms with Gasteiger partial charge >= 0.3 is 5.97 Å². The summed E-state index contributed by atoms with van der Waals surface area (Å²) >= 11 is 0. The van der Waals surface area contributed by atoms with Crippen LogP contribution in [0.1, 0.15) is 54.4 Å². The van der Waals surface area contributed by atoms with Gasteiger partial charge in [0.15, 0.2) is 0 Å². The highest BCUT2D eigenvalue weighted by atomic mass is 16.6. The number of esters is 1. The zero-order valence-corrected chi connectivity index (χ0v) is 16.6. The lowest BCUT2D eigenvalue weighted by atomic mass is 9.82. The maximum atomic E-state index is 13.1. The van der Waals surface area contributed by atoms with E-state index in [1.54, 1.807) is 41.5 Å². The number of amides is 2. The Morgan fingerprint density at radius 2 is 1.88 bits per heavy atom. The van der Waals surface area contributed by atoms with Crippen molar-refractivity contribution in [3.05, 3.63) is 0 Å². The van der Waals surface area contributed by atoms with Crippen LogP contribution in [0.15, 0.2) is 0 Å². The zero-order chi connectivity index (χ0) is 19.4. The maximum Gasteiger partial charge on any atom is 0.342 e. The molecular weight excluding hydrogens is 322 g/mol. The van der Waals surface area contributed by atoms with Crippen LogP contribution in [0.4, 0.5) is 0 Å². The molecule has 1 aliphatic rings. The Hall–Kier alpha value is -1.63. The van der Waals surface area contributed by atoms with Gasteiger partial charge in [-0.1, -0.05) is 13.8 Å².